The Morgan fingerprint density at radius 2 is 1.81 bits per heavy atom. The van der Waals surface area contributed by atoms with Gasteiger partial charge in [0, 0.05) is 34.7 Å². The van der Waals surface area contributed by atoms with Crippen molar-refractivity contribution in [1.29, 1.82) is 0 Å². The van der Waals surface area contributed by atoms with Crippen LogP contribution in [0.25, 0.3) is 27.7 Å². The zero-order valence-corrected chi connectivity index (χ0v) is 20.7. The number of nitrogens with two attached hydrogens (primary N) is 2. The van der Waals surface area contributed by atoms with Crippen molar-refractivity contribution in [1.82, 2.24) is 19.4 Å². The molecule has 0 atom stereocenters. The number of hydrogen-bond donors (Lipinski definition) is 3. The molecule has 37 heavy (non-hydrogen) atoms. The van der Waals surface area contributed by atoms with Gasteiger partial charge in [-0.05, 0) is 62.4 Å². The molecule has 8 heteroatoms. The molecule has 0 bridgehead atoms. The summed E-state index contributed by atoms with van der Waals surface area (Å²) in [6.45, 7) is 2.09. The first-order valence-electron chi connectivity index (χ1n) is 12.6. The van der Waals surface area contributed by atoms with Gasteiger partial charge in [0.25, 0.3) is 0 Å². The number of nitrogens with one attached hydrogen (secondary N) is 1. The van der Waals surface area contributed by atoms with E-state index in [-0.39, 0.29) is 17.7 Å². The van der Waals surface area contributed by atoms with Gasteiger partial charge in [-0.3, -0.25) is 9.20 Å². The van der Waals surface area contributed by atoms with Crippen LogP contribution in [0, 0.1) is 12.8 Å². The highest BCUT2D eigenvalue weighted by molar-refractivity contribution is 5.88. The minimum atomic E-state index is -0.204. The molecule has 1 aliphatic rings. The number of carbonyl (C=O) groups is 1. The summed E-state index contributed by atoms with van der Waals surface area (Å²) in [6, 6.07) is 18.3. The Labute approximate surface area is 214 Å². The van der Waals surface area contributed by atoms with Crippen LogP contribution in [0.3, 0.4) is 0 Å². The Morgan fingerprint density at radius 3 is 2.57 bits per heavy atom. The number of hydrogen-bond acceptors (Lipinski definition) is 6. The topological polar surface area (TPSA) is 124 Å². The van der Waals surface area contributed by atoms with E-state index in [1.165, 1.54) is 0 Å². The predicted octanol–water partition coefficient (Wildman–Crippen LogP) is 5.34. The van der Waals surface area contributed by atoms with Gasteiger partial charge in [0.2, 0.25) is 5.91 Å². The molecule has 0 unspecified atom stereocenters. The third kappa shape index (κ3) is 4.35. The Hall–Kier alpha value is -4.46. The van der Waals surface area contributed by atoms with E-state index in [4.69, 9.17) is 26.4 Å². The summed E-state index contributed by atoms with van der Waals surface area (Å²) in [6.07, 6.45) is 7.12. The summed E-state index contributed by atoms with van der Waals surface area (Å²) < 4.78 is 2.06. The number of pyridine rings is 1. The molecular weight excluding hydrogens is 462 g/mol. The molecule has 0 spiro atoms. The van der Waals surface area contributed by atoms with Crippen molar-refractivity contribution >= 4 is 39.6 Å². The molecule has 5 aromatic rings. The van der Waals surface area contributed by atoms with E-state index in [9.17, 15) is 4.79 Å². The van der Waals surface area contributed by atoms with Crippen molar-refractivity contribution in [2.45, 2.75) is 38.5 Å². The number of carbonyl (C=O) groups excluding carboxylic acids is 1. The zero-order valence-electron chi connectivity index (χ0n) is 20.7. The van der Waals surface area contributed by atoms with Crippen LogP contribution in [-0.4, -0.2) is 25.3 Å². The number of nitrogen functional groups attached to an aromatic ring is 1. The van der Waals surface area contributed by atoms with E-state index in [0.29, 0.717) is 5.82 Å². The van der Waals surface area contributed by atoms with Crippen molar-refractivity contribution < 1.29 is 4.79 Å². The summed E-state index contributed by atoms with van der Waals surface area (Å²) in [5, 5.41) is 4.48. The van der Waals surface area contributed by atoms with Gasteiger partial charge in [-0.15, -0.1) is 0 Å². The van der Waals surface area contributed by atoms with Gasteiger partial charge in [0.05, 0.1) is 17.4 Å². The minimum Gasteiger partial charge on any atom is -0.382 e. The van der Waals surface area contributed by atoms with Gasteiger partial charge in [0.15, 0.2) is 0 Å². The zero-order chi connectivity index (χ0) is 25.5. The number of aromatic nitrogens is 4. The number of imidazole rings is 1. The molecule has 0 radical (unpaired) electrons. The number of anilines is 3. The van der Waals surface area contributed by atoms with Gasteiger partial charge in [-0.1, -0.05) is 30.3 Å². The van der Waals surface area contributed by atoms with Gasteiger partial charge in [-0.25, -0.2) is 15.0 Å². The van der Waals surface area contributed by atoms with E-state index in [2.05, 4.69) is 40.9 Å². The fourth-order valence-electron chi connectivity index (χ4n) is 5.41. The van der Waals surface area contributed by atoms with Crippen LogP contribution >= 0.6 is 0 Å². The smallest absolute Gasteiger partial charge is 0.220 e. The van der Waals surface area contributed by atoms with Crippen molar-refractivity contribution in [3.05, 3.63) is 78.4 Å². The second-order valence-corrected chi connectivity index (χ2v) is 9.88. The standard InChI is InChI=1S/C29H29N7O/c1-17-13-26(33-21-5-3-2-4-6-21)34-23-14-20(11-12-22(17)23)24-16-36-25(27(30)35-24)15-32-29(36)19-9-7-18(8-10-19)28(31)37/h2-6,11-16,18-19H,7-10H2,1H3,(H2,30,35)(H2,31,37)(H,33,34). The van der Waals surface area contributed by atoms with Crippen molar-refractivity contribution in [3.8, 4) is 11.3 Å². The van der Waals surface area contributed by atoms with E-state index in [0.717, 1.165) is 76.3 Å². The number of para-hydroxylation sites is 1. The third-order valence-electron chi connectivity index (χ3n) is 7.43. The number of amides is 1. The second kappa shape index (κ2) is 9.20. The predicted molar refractivity (Wildman–Crippen MR) is 146 cm³/mol. The van der Waals surface area contributed by atoms with Crippen LogP contribution in [0.2, 0.25) is 0 Å². The summed E-state index contributed by atoms with van der Waals surface area (Å²) in [7, 11) is 0. The van der Waals surface area contributed by atoms with Crippen molar-refractivity contribution in [3.63, 3.8) is 0 Å². The lowest BCUT2D eigenvalue weighted by Gasteiger charge is -2.25. The summed E-state index contributed by atoms with van der Waals surface area (Å²) in [5.74, 6) is 2.19. The molecule has 8 nitrogen and oxygen atoms in total. The molecule has 0 saturated heterocycles. The van der Waals surface area contributed by atoms with Crippen molar-refractivity contribution in [2.75, 3.05) is 11.1 Å². The van der Waals surface area contributed by atoms with E-state index < -0.39 is 0 Å². The normalized spacial score (nSPS) is 17.8. The molecular formula is C29H29N7O. The maximum atomic E-state index is 11.6. The van der Waals surface area contributed by atoms with Crippen LogP contribution in [0.4, 0.5) is 17.3 Å². The minimum absolute atomic E-state index is 0.0420. The molecule has 5 N–H and O–H groups in total. The van der Waals surface area contributed by atoms with Crippen LogP contribution < -0.4 is 16.8 Å². The van der Waals surface area contributed by atoms with Gasteiger partial charge < -0.3 is 16.8 Å². The first-order chi connectivity index (χ1) is 18.0. The van der Waals surface area contributed by atoms with Crippen LogP contribution in [-0.2, 0) is 4.79 Å². The average molecular weight is 492 g/mol. The number of primary amides is 1. The summed E-state index contributed by atoms with van der Waals surface area (Å²) in [4.78, 5) is 25.9. The SMILES string of the molecule is Cc1cc(Nc2ccccc2)nc2cc(-c3cn4c(C5CCC(C(N)=O)CC5)ncc4c(N)n3)ccc12. The average Bonchev–Trinajstić information content (AvgIpc) is 3.34. The molecule has 1 amide bonds. The first kappa shape index (κ1) is 23.0. The molecule has 1 fully saturated rings. The molecule has 1 aliphatic carbocycles. The van der Waals surface area contributed by atoms with Crippen LogP contribution in [0.15, 0.2) is 67.0 Å². The van der Waals surface area contributed by atoms with E-state index >= 15 is 0 Å². The van der Waals surface area contributed by atoms with Crippen molar-refractivity contribution in [2.24, 2.45) is 11.7 Å². The Bertz CT molecular complexity index is 1620. The lowest BCUT2D eigenvalue weighted by atomic mass is 9.81. The van der Waals surface area contributed by atoms with Gasteiger partial charge in [-0.2, -0.15) is 0 Å². The van der Waals surface area contributed by atoms with Crippen LogP contribution in [0.1, 0.15) is 43.0 Å². The molecule has 2 aromatic carbocycles. The fourth-order valence-corrected chi connectivity index (χ4v) is 5.41. The molecule has 0 aliphatic heterocycles. The lowest BCUT2D eigenvalue weighted by Crippen LogP contribution is -2.27. The highest BCUT2D eigenvalue weighted by Crippen LogP contribution is 2.36. The largest absolute Gasteiger partial charge is 0.382 e. The van der Waals surface area contributed by atoms with Crippen LogP contribution in [0.5, 0.6) is 0 Å². The highest BCUT2D eigenvalue weighted by atomic mass is 16.1. The number of aryl methyl sites for hydroxylation is 1. The molecule has 3 heterocycles. The quantitative estimate of drug-likeness (QED) is 0.305. The van der Waals surface area contributed by atoms with Gasteiger partial charge >= 0.3 is 0 Å². The number of nitrogens with zero attached hydrogens (tertiary/aromatic N) is 4. The molecule has 3 aromatic heterocycles. The van der Waals surface area contributed by atoms with E-state index in [1.54, 1.807) is 6.20 Å². The Kier molecular flexibility index (Phi) is 5.71. The monoisotopic (exact) mass is 491 g/mol. The maximum absolute atomic E-state index is 11.6. The third-order valence-corrected chi connectivity index (χ3v) is 7.43. The fraction of sp³-hybridized carbons (Fsp3) is 0.241. The summed E-state index contributed by atoms with van der Waals surface area (Å²) in [5.41, 5.74) is 17.4. The molecule has 186 valence electrons. The Morgan fingerprint density at radius 1 is 1.03 bits per heavy atom. The highest BCUT2D eigenvalue weighted by Gasteiger charge is 2.28. The van der Waals surface area contributed by atoms with E-state index in [1.807, 2.05) is 36.5 Å². The molecule has 6 rings (SSSR count). The first-order valence-corrected chi connectivity index (χ1v) is 12.6. The number of benzene rings is 2. The maximum Gasteiger partial charge on any atom is 0.220 e. The Balaban J connectivity index is 1.36. The number of fused-ring (bicyclic) bond motifs is 2. The number of rotatable bonds is 5. The lowest BCUT2D eigenvalue weighted by molar-refractivity contribution is -0.122. The second-order valence-electron chi connectivity index (χ2n) is 9.88. The van der Waals surface area contributed by atoms with Gasteiger partial charge in [0.1, 0.15) is 23.0 Å². The molecule has 1 saturated carbocycles. The summed E-state index contributed by atoms with van der Waals surface area (Å²) >= 11 is 0.